The van der Waals surface area contributed by atoms with E-state index in [2.05, 4.69) is 19.2 Å². The number of carbonyl (C=O) groups excluding carboxylic acids is 2. The van der Waals surface area contributed by atoms with Crippen molar-refractivity contribution in [3.05, 3.63) is 59.7 Å². The van der Waals surface area contributed by atoms with Gasteiger partial charge in [-0.25, -0.2) is 4.79 Å². The molecule has 0 saturated heterocycles. The van der Waals surface area contributed by atoms with Crippen LogP contribution in [0.4, 0.5) is 5.69 Å². The molecule has 25 heavy (non-hydrogen) atoms. The van der Waals surface area contributed by atoms with Crippen molar-refractivity contribution in [2.24, 2.45) is 0 Å². The van der Waals surface area contributed by atoms with Gasteiger partial charge in [-0.1, -0.05) is 38.1 Å². The van der Waals surface area contributed by atoms with Gasteiger partial charge >= 0.3 is 5.97 Å². The highest BCUT2D eigenvalue weighted by Crippen LogP contribution is 2.26. The summed E-state index contributed by atoms with van der Waals surface area (Å²) in [6, 6.07) is 13.4. The number of esters is 1. The molecular weight excluding hydrogens is 318 g/mol. The zero-order valence-electron chi connectivity index (χ0n) is 14.7. The Kier molecular flexibility index (Phi) is 6.17. The third kappa shape index (κ3) is 4.83. The molecule has 0 unspecified atom stereocenters. The van der Waals surface area contributed by atoms with Crippen LogP contribution in [0.25, 0.3) is 0 Å². The molecule has 5 nitrogen and oxygen atoms in total. The van der Waals surface area contributed by atoms with Crippen molar-refractivity contribution < 1.29 is 19.4 Å². The van der Waals surface area contributed by atoms with Crippen LogP contribution in [0.1, 0.15) is 49.0 Å². The third-order valence-corrected chi connectivity index (χ3v) is 4.10. The molecule has 0 spiro atoms. The number of hydrogen-bond donors (Lipinski definition) is 2. The highest BCUT2D eigenvalue weighted by Gasteiger charge is 2.20. The monoisotopic (exact) mass is 341 g/mol. The smallest absolute Gasteiger partial charge is 0.339 e. The number of benzene rings is 2. The summed E-state index contributed by atoms with van der Waals surface area (Å²) in [6.07, 6.45) is -0.00519. The average molecular weight is 341 g/mol. The molecule has 0 aliphatic heterocycles. The molecule has 2 rings (SSSR count). The molecule has 2 N–H and O–H groups in total. The van der Waals surface area contributed by atoms with Gasteiger partial charge in [-0.05, 0) is 49.1 Å². The zero-order chi connectivity index (χ0) is 18.4. The molecule has 2 aromatic carbocycles. The highest BCUT2D eigenvalue weighted by atomic mass is 16.5. The maximum atomic E-state index is 12.4. The first-order valence-corrected chi connectivity index (χ1v) is 8.32. The van der Waals surface area contributed by atoms with Gasteiger partial charge in [0.2, 0.25) is 0 Å². The number of amides is 1. The molecule has 5 heteroatoms. The Morgan fingerprint density at radius 1 is 1.12 bits per heavy atom. The summed E-state index contributed by atoms with van der Waals surface area (Å²) in [7, 11) is 0. The fourth-order valence-corrected chi connectivity index (χ4v) is 2.41. The number of phenolic OH excluding ortho intramolecular Hbond substituents is 1. The molecular formula is C20H23NO4. The Morgan fingerprint density at radius 2 is 1.84 bits per heavy atom. The SMILES string of the molecule is CC[C@@H](C)c1ccccc1NC(=O)[C@@H](C)OC(=O)c1cccc(O)c1. The first kappa shape index (κ1) is 18.5. The number of ether oxygens (including phenoxy) is 1. The van der Waals surface area contributed by atoms with E-state index in [-0.39, 0.29) is 11.3 Å². The first-order valence-electron chi connectivity index (χ1n) is 8.32. The van der Waals surface area contributed by atoms with Crippen molar-refractivity contribution in [1.29, 1.82) is 0 Å². The molecule has 0 aromatic heterocycles. The normalized spacial score (nSPS) is 12.9. The van der Waals surface area contributed by atoms with Crippen LogP contribution in [-0.2, 0) is 9.53 Å². The fraction of sp³-hybridized carbons (Fsp3) is 0.300. The van der Waals surface area contributed by atoms with Crippen molar-refractivity contribution in [2.75, 3.05) is 5.32 Å². The van der Waals surface area contributed by atoms with E-state index in [0.29, 0.717) is 5.92 Å². The predicted octanol–water partition coefficient (Wildman–Crippen LogP) is 4.09. The largest absolute Gasteiger partial charge is 0.508 e. The summed E-state index contributed by atoms with van der Waals surface area (Å²) in [5.41, 5.74) is 1.96. The van der Waals surface area contributed by atoms with Crippen LogP contribution in [0.3, 0.4) is 0 Å². The lowest BCUT2D eigenvalue weighted by atomic mass is 9.97. The van der Waals surface area contributed by atoms with Crippen LogP contribution in [0.2, 0.25) is 0 Å². The van der Waals surface area contributed by atoms with Gasteiger partial charge in [-0.15, -0.1) is 0 Å². The minimum absolute atomic E-state index is 0.0333. The van der Waals surface area contributed by atoms with E-state index in [4.69, 9.17) is 4.74 Å². The average Bonchev–Trinajstić information content (AvgIpc) is 2.61. The second-order valence-electron chi connectivity index (χ2n) is 5.98. The molecule has 132 valence electrons. The van der Waals surface area contributed by atoms with Gasteiger partial charge in [0.25, 0.3) is 5.91 Å². The second-order valence-corrected chi connectivity index (χ2v) is 5.98. The van der Waals surface area contributed by atoms with E-state index in [0.717, 1.165) is 17.7 Å². The van der Waals surface area contributed by atoms with Gasteiger partial charge in [0, 0.05) is 5.69 Å². The third-order valence-electron chi connectivity index (χ3n) is 4.10. The van der Waals surface area contributed by atoms with Gasteiger partial charge in [0.05, 0.1) is 5.56 Å². The molecule has 0 aliphatic carbocycles. The molecule has 2 atom stereocenters. The van der Waals surface area contributed by atoms with E-state index in [9.17, 15) is 14.7 Å². The number of nitrogens with one attached hydrogen (secondary N) is 1. The summed E-state index contributed by atoms with van der Waals surface area (Å²) >= 11 is 0. The van der Waals surface area contributed by atoms with E-state index in [1.165, 1.54) is 25.1 Å². The van der Waals surface area contributed by atoms with E-state index < -0.39 is 18.0 Å². The van der Waals surface area contributed by atoms with Crippen molar-refractivity contribution in [2.45, 2.75) is 39.2 Å². The van der Waals surface area contributed by atoms with E-state index in [1.54, 1.807) is 6.07 Å². The maximum Gasteiger partial charge on any atom is 0.339 e. The van der Waals surface area contributed by atoms with Crippen LogP contribution in [-0.4, -0.2) is 23.1 Å². The van der Waals surface area contributed by atoms with Crippen LogP contribution >= 0.6 is 0 Å². The van der Waals surface area contributed by atoms with Crippen LogP contribution < -0.4 is 5.32 Å². The van der Waals surface area contributed by atoms with Gasteiger partial charge in [-0.3, -0.25) is 4.79 Å². The number of carbonyl (C=O) groups is 2. The Balaban J connectivity index is 2.05. The minimum Gasteiger partial charge on any atom is -0.508 e. The summed E-state index contributed by atoms with van der Waals surface area (Å²) in [5, 5.41) is 12.2. The number of anilines is 1. The number of rotatable bonds is 6. The van der Waals surface area contributed by atoms with Crippen LogP contribution in [0.5, 0.6) is 5.75 Å². The number of aromatic hydroxyl groups is 1. The first-order chi connectivity index (χ1) is 11.9. The number of phenols is 1. The summed E-state index contributed by atoms with van der Waals surface area (Å²) in [5.74, 6) is -0.784. The molecule has 0 heterocycles. The van der Waals surface area contributed by atoms with E-state index >= 15 is 0 Å². The van der Waals surface area contributed by atoms with Crippen molar-refractivity contribution in [1.82, 2.24) is 0 Å². The molecule has 0 fully saturated rings. The lowest BCUT2D eigenvalue weighted by molar-refractivity contribution is -0.123. The summed E-state index contributed by atoms with van der Waals surface area (Å²) in [6.45, 7) is 5.70. The summed E-state index contributed by atoms with van der Waals surface area (Å²) in [4.78, 5) is 24.4. The Labute approximate surface area is 147 Å². The molecule has 0 radical (unpaired) electrons. The van der Waals surface area contributed by atoms with Crippen molar-refractivity contribution in [3.8, 4) is 5.75 Å². The quantitative estimate of drug-likeness (QED) is 0.776. The molecule has 0 bridgehead atoms. The lowest BCUT2D eigenvalue weighted by Gasteiger charge is -2.18. The predicted molar refractivity (Wildman–Crippen MR) is 96.8 cm³/mol. The fourth-order valence-electron chi connectivity index (χ4n) is 2.41. The maximum absolute atomic E-state index is 12.4. The molecule has 1 amide bonds. The topological polar surface area (TPSA) is 75.6 Å². The van der Waals surface area contributed by atoms with Gasteiger partial charge < -0.3 is 15.2 Å². The highest BCUT2D eigenvalue weighted by molar-refractivity contribution is 5.97. The Hall–Kier alpha value is -2.82. The summed E-state index contributed by atoms with van der Waals surface area (Å²) < 4.78 is 5.19. The zero-order valence-corrected chi connectivity index (χ0v) is 14.7. The lowest BCUT2D eigenvalue weighted by Crippen LogP contribution is -2.30. The number of hydrogen-bond acceptors (Lipinski definition) is 4. The molecule has 0 saturated carbocycles. The second kappa shape index (κ2) is 8.33. The minimum atomic E-state index is -0.958. The standard InChI is InChI=1S/C20H23NO4/c1-4-13(2)17-10-5-6-11-18(17)21-19(23)14(3)25-20(24)15-8-7-9-16(22)12-15/h5-14,22H,4H2,1-3H3,(H,21,23)/t13-,14-/m1/s1. The molecule has 0 aliphatic rings. The Bertz CT molecular complexity index is 757. The number of para-hydroxylation sites is 1. The van der Waals surface area contributed by atoms with Crippen molar-refractivity contribution in [3.63, 3.8) is 0 Å². The van der Waals surface area contributed by atoms with Gasteiger partial charge in [-0.2, -0.15) is 0 Å². The molecule has 2 aromatic rings. The van der Waals surface area contributed by atoms with Gasteiger partial charge in [0.1, 0.15) is 5.75 Å². The van der Waals surface area contributed by atoms with Crippen LogP contribution in [0.15, 0.2) is 48.5 Å². The van der Waals surface area contributed by atoms with Crippen LogP contribution in [0, 0.1) is 0 Å². The Morgan fingerprint density at radius 3 is 2.52 bits per heavy atom. The van der Waals surface area contributed by atoms with Gasteiger partial charge in [0.15, 0.2) is 6.10 Å². The van der Waals surface area contributed by atoms with E-state index in [1.807, 2.05) is 24.3 Å². The van der Waals surface area contributed by atoms with Crippen molar-refractivity contribution >= 4 is 17.6 Å².